The molecule has 4 nitrogen and oxygen atoms in total. The van der Waals surface area contributed by atoms with E-state index >= 15 is 0 Å². The van der Waals surface area contributed by atoms with Gasteiger partial charge in [-0.15, -0.1) is 0 Å². The van der Waals surface area contributed by atoms with Crippen molar-refractivity contribution in [1.82, 2.24) is 4.90 Å². The standard InChI is InChI=1S/C14H16F3NO3/c15-11-9-10(13(19)20)1-2-12(11)21-8-7-18-5-3-14(16,17)4-6-18/h1-2,9H,3-8H2,(H,19,20). The van der Waals surface area contributed by atoms with Crippen LogP contribution in [0.25, 0.3) is 0 Å². The summed E-state index contributed by atoms with van der Waals surface area (Å²) in [5.41, 5.74) is -0.155. The maximum absolute atomic E-state index is 13.6. The van der Waals surface area contributed by atoms with Crippen molar-refractivity contribution in [2.75, 3.05) is 26.2 Å². The Morgan fingerprint density at radius 3 is 2.57 bits per heavy atom. The summed E-state index contributed by atoms with van der Waals surface area (Å²) in [6, 6.07) is 3.39. The van der Waals surface area contributed by atoms with Crippen LogP contribution in [-0.4, -0.2) is 48.1 Å². The number of piperidine rings is 1. The molecule has 1 heterocycles. The van der Waals surface area contributed by atoms with Crippen molar-refractivity contribution in [3.63, 3.8) is 0 Å². The van der Waals surface area contributed by atoms with Crippen molar-refractivity contribution in [2.45, 2.75) is 18.8 Å². The zero-order valence-electron chi connectivity index (χ0n) is 11.3. The van der Waals surface area contributed by atoms with Crippen LogP contribution in [0.5, 0.6) is 5.75 Å². The zero-order valence-corrected chi connectivity index (χ0v) is 11.3. The second-order valence-electron chi connectivity index (χ2n) is 5.00. The number of carboxylic acid groups (broad SMARTS) is 1. The summed E-state index contributed by atoms with van der Waals surface area (Å²) in [6.45, 7) is 1.17. The molecule has 1 saturated heterocycles. The lowest BCUT2D eigenvalue weighted by Gasteiger charge is -2.31. The third-order valence-electron chi connectivity index (χ3n) is 3.43. The molecular formula is C14H16F3NO3. The van der Waals surface area contributed by atoms with Crippen LogP contribution in [0.15, 0.2) is 18.2 Å². The van der Waals surface area contributed by atoms with Gasteiger partial charge in [0.15, 0.2) is 11.6 Å². The number of carboxylic acids is 1. The molecular weight excluding hydrogens is 287 g/mol. The molecule has 1 aliphatic heterocycles. The number of nitrogens with zero attached hydrogens (tertiary/aromatic N) is 1. The highest BCUT2D eigenvalue weighted by Crippen LogP contribution is 2.27. The van der Waals surface area contributed by atoms with Crippen molar-refractivity contribution in [3.8, 4) is 5.75 Å². The second kappa shape index (κ2) is 6.34. The Morgan fingerprint density at radius 2 is 2.00 bits per heavy atom. The summed E-state index contributed by atoms with van der Waals surface area (Å²) in [5, 5.41) is 8.71. The molecule has 2 rings (SSSR count). The molecule has 1 aromatic rings. The first-order valence-electron chi connectivity index (χ1n) is 6.63. The lowest BCUT2D eigenvalue weighted by molar-refractivity contribution is -0.0564. The molecule has 0 unspecified atom stereocenters. The highest BCUT2D eigenvalue weighted by molar-refractivity contribution is 5.87. The van der Waals surface area contributed by atoms with Gasteiger partial charge in [0.2, 0.25) is 0 Å². The van der Waals surface area contributed by atoms with Crippen LogP contribution < -0.4 is 4.74 Å². The van der Waals surface area contributed by atoms with E-state index in [0.29, 0.717) is 6.54 Å². The lowest BCUT2D eigenvalue weighted by Crippen LogP contribution is -2.41. The average Bonchev–Trinajstić information content (AvgIpc) is 2.42. The maximum atomic E-state index is 13.6. The SMILES string of the molecule is O=C(O)c1ccc(OCCN2CCC(F)(F)CC2)c(F)c1. The van der Waals surface area contributed by atoms with E-state index in [1.54, 1.807) is 0 Å². The van der Waals surface area contributed by atoms with Crippen molar-refractivity contribution in [2.24, 2.45) is 0 Å². The molecule has 0 spiro atoms. The molecule has 0 bridgehead atoms. The largest absolute Gasteiger partial charge is 0.489 e. The van der Waals surface area contributed by atoms with Crippen LogP contribution in [0.3, 0.4) is 0 Å². The van der Waals surface area contributed by atoms with Crippen LogP contribution in [0.4, 0.5) is 13.2 Å². The van der Waals surface area contributed by atoms with Gasteiger partial charge in [0, 0.05) is 32.5 Å². The van der Waals surface area contributed by atoms with Crippen molar-refractivity contribution in [3.05, 3.63) is 29.6 Å². The van der Waals surface area contributed by atoms with Crippen molar-refractivity contribution in [1.29, 1.82) is 0 Å². The Morgan fingerprint density at radius 1 is 1.33 bits per heavy atom. The van der Waals surface area contributed by atoms with Gasteiger partial charge < -0.3 is 9.84 Å². The number of ether oxygens (including phenoxy) is 1. The summed E-state index contributed by atoms with van der Waals surface area (Å²) in [6.07, 6.45) is -0.344. The minimum atomic E-state index is -2.59. The molecule has 0 amide bonds. The zero-order chi connectivity index (χ0) is 15.5. The molecule has 0 radical (unpaired) electrons. The Labute approximate surface area is 120 Å². The van der Waals surface area contributed by atoms with Crippen LogP contribution in [-0.2, 0) is 0 Å². The fraction of sp³-hybridized carbons (Fsp3) is 0.500. The van der Waals surface area contributed by atoms with Gasteiger partial charge in [0.1, 0.15) is 6.61 Å². The van der Waals surface area contributed by atoms with Gasteiger partial charge in [-0.25, -0.2) is 18.0 Å². The Hall–Kier alpha value is -1.76. The van der Waals surface area contributed by atoms with Gasteiger partial charge in [0.05, 0.1) is 5.56 Å². The van der Waals surface area contributed by atoms with Gasteiger partial charge in [-0.1, -0.05) is 0 Å². The number of hydrogen-bond acceptors (Lipinski definition) is 3. The van der Waals surface area contributed by atoms with Crippen LogP contribution in [0.2, 0.25) is 0 Å². The molecule has 0 atom stereocenters. The molecule has 0 aromatic heterocycles. The van der Waals surface area contributed by atoms with E-state index in [1.165, 1.54) is 12.1 Å². The number of carbonyl (C=O) groups is 1. The predicted octanol–water partition coefficient (Wildman–Crippen LogP) is 2.63. The van der Waals surface area contributed by atoms with Crippen molar-refractivity contribution < 1.29 is 27.8 Å². The van der Waals surface area contributed by atoms with Crippen LogP contribution >= 0.6 is 0 Å². The van der Waals surface area contributed by atoms with E-state index in [4.69, 9.17) is 9.84 Å². The van der Waals surface area contributed by atoms with E-state index < -0.39 is 17.7 Å². The molecule has 1 aliphatic rings. The normalized spacial score (nSPS) is 18.4. The molecule has 1 N–H and O–H groups in total. The molecule has 0 saturated carbocycles. The topological polar surface area (TPSA) is 49.8 Å². The highest BCUT2D eigenvalue weighted by atomic mass is 19.3. The van der Waals surface area contributed by atoms with Gasteiger partial charge in [-0.3, -0.25) is 4.90 Å². The molecule has 1 fully saturated rings. The summed E-state index contributed by atoms with van der Waals surface area (Å²) in [4.78, 5) is 12.5. The summed E-state index contributed by atoms with van der Waals surface area (Å²) >= 11 is 0. The Balaban J connectivity index is 1.80. The monoisotopic (exact) mass is 303 g/mol. The van der Waals surface area contributed by atoms with Gasteiger partial charge in [-0.05, 0) is 18.2 Å². The van der Waals surface area contributed by atoms with E-state index in [-0.39, 0.29) is 43.9 Å². The number of likely N-dealkylation sites (tertiary alicyclic amines) is 1. The average molecular weight is 303 g/mol. The molecule has 21 heavy (non-hydrogen) atoms. The number of alkyl halides is 2. The van der Waals surface area contributed by atoms with Crippen LogP contribution in [0, 0.1) is 5.82 Å². The Bertz CT molecular complexity index is 512. The van der Waals surface area contributed by atoms with Crippen molar-refractivity contribution >= 4 is 5.97 Å². The molecule has 116 valence electrons. The first-order chi connectivity index (χ1) is 9.87. The number of rotatable bonds is 5. The van der Waals surface area contributed by atoms with Gasteiger partial charge >= 0.3 is 5.97 Å². The fourth-order valence-electron chi connectivity index (χ4n) is 2.14. The fourth-order valence-corrected chi connectivity index (χ4v) is 2.14. The smallest absolute Gasteiger partial charge is 0.335 e. The number of aromatic carboxylic acids is 1. The number of hydrogen-bond donors (Lipinski definition) is 1. The molecule has 0 aliphatic carbocycles. The summed E-state index contributed by atoms with van der Waals surface area (Å²) in [7, 11) is 0. The number of halogens is 3. The third kappa shape index (κ3) is 4.35. The first kappa shape index (κ1) is 15.6. The van der Waals surface area contributed by atoms with Crippen LogP contribution in [0.1, 0.15) is 23.2 Å². The molecule has 1 aromatic carbocycles. The quantitative estimate of drug-likeness (QED) is 0.908. The minimum absolute atomic E-state index is 0.0395. The minimum Gasteiger partial charge on any atom is -0.489 e. The Kier molecular flexibility index (Phi) is 4.72. The number of benzene rings is 1. The van der Waals surface area contributed by atoms with Gasteiger partial charge in [-0.2, -0.15) is 0 Å². The predicted molar refractivity (Wildman–Crippen MR) is 69.5 cm³/mol. The van der Waals surface area contributed by atoms with E-state index in [9.17, 15) is 18.0 Å². The third-order valence-corrected chi connectivity index (χ3v) is 3.43. The highest BCUT2D eigenvalue weighted by Gasteiger charge is 2.33. The van der Waals surface area contributed by atoms with Gasteiger partial charge in [0.25, 0.3) is 5.92 Å². The molecule has 7 heteroatoms. The van der Waals surface area contributed by atoms with E-state index in [2.05, 4.69) is 0 Å². The van der Waals surface area contributed by atoms with E-state index in [1.807, 2.05) is 4.90 Å². The first-order valence-corrected chi connectivity index (χ1v) is 6.63. The van der Waals surface area contributed by atoms with E-state index in [0.717, 1.165) is 6.07 Å². The maximum Gasteiger partial charge on any atom is 0.335 e. The summed E-state index contributed by atoms with van der Waals surface area (Å²) < 4.78 is 44.7. The second-order valence-corrected chi connectivity index (χ2v) is 5.00. The lowest BCUT2D eigenvalue weighted by atomic mass is 10.1. The summed E-state index contributed by atoms with van der Waals surface area (Å²) in [5.74, 6) is -4.59.